The van der Waals surface area contributed by atoms with Gasteiger partial charge in [0.15, 0.2) is 0 Å². The molecule has 0 bridgehead atoms. The molecule has 1 fully saturated rings. The number of fused-ring (bicyclic) bond motifs is 1. The van der Waals surface area contributed by atoms with Gasteiger partial charge in [0.1, 0.15) is 5.60 Å². The van der Waals surface area contributed by atoms with Gasteiger partial charge in [0, 0.05) is 30.6 Å². The second-order valence-electron chi connectivity index (χ2n) is 7.19. The van der Waals surface area contributed by atoms with Crippen molar-refractivity contribution in [3.63, 3.8) is 0 Å². The molecule has 3 nitrogen and oxygen atoms in total. The van der Waals surface area contributed by atoms with Gasteiger partial charge in [-0.25, -0.2) is 0 Å². The molecule has 0 radical (unpaired) electrons. The number of hydrogen-bond donors (Lipinski definition) is 2. The van der Waals surface area contributed by atoms with Crippen molar-refractivity contribution in [2.24, 2.45) is 5.41 Å². The fraction of sp³-hybridized carbons (Fsp3) is 0.647. The summed E-state index contributed by atoms with van der Waals surface area (Å²) in [6.07, 6.45) is 1.60. The van der Waals surface area contributed by atoms with Gasteiger partial charge in [-0.2, -0.15) is 0 Å². The van der Waals surface area contributed by atoms with Crippen molar-refractivity contribution in [3.8, 4) is 0 Å². The standard InChI is InChI=1S/C17H24ClNO2/c1-11-17(20,6-7-21-11)10-19-15-14-8-13(18)5-4-12(14)9-16(15,2)3/h4-5,8,11,15,19-20H,6-7,9-10H2,1-3H3. The molecule has 0 aromatic heterocycles. The zero-order chi connectivity index (χ0) is 15.3. The van der Waals surface area contributed by atoms with Crippen molar-refractivity contribution < 1.29 is 9.84 Å². The van der Waals surface area contributed by atoms with Crippen LogP contribution in [0.3, 0.4) is 0 Å². The van der Waals surface area contributed by atoms with Crippen LogP contribution in [0, 0.1) is 5.41 Å². The van der Waals surface area contributed by atoms with Crippen molar-refractivity contribution in [2.45, 2.75) is 51.4 Å². The average Bonchev–Trinajstić information content (AvgIpc) is 2.85. The van der Waals surface area contributed by atoms with Crippen LogP contribution in [-0.4, -0.2) is 30.0 Å². The second-order valence-corrected chi connectivity index (χ2v) is 7.63. The van der Waals surface area contributed by atoms with E-state index >= 15 is 0 Å². The van der Waals surface area contributed by atoms with Crippen LogP contribution < -0.4 is 5.32 Å². The fourth-order valence-corrected chi connectivity index (χ4v) is 3.86. The number of halogens is 1. The van der Waals surface area contributed by atoms with Crippen molar-refractivity contribution >= 4 is 11.6 Å². The van der Waals surface area contributed by atoms with Crippen LogP contribution in [0.25, 0.3) is 0 Å². The highest BCUT2D eigenvalue weighted by Gasteiger charge is 2.43. The highest BCUT2D eigenvalue weighted by atomic mass is 35.5. The van der Waals surface area contributed by atoms with Gasteiger partial charge in [0.05, 0.1) is 6.10 Å². The van der Waals surface area contributed by atoms with Crippen LogP contribution in [-0.2, 0) is 11.2 Å². The molecule has 1 aromatic carbocycles. The summed E-state index contributed by atoms with van der Waals surface area (Å²) in [5, 5.41) is 15.0. The van der Waals surface area contributed by atoms with Crippen LogP contribution in [0.5, 0.6) is 0 Å². The SMILES string of the molecule is CC1OCCC1(O)CNC1c2cc(Cl)ccc2CC1(C)C. The highest BCUT2D eigenvalue weighted by Crippen LogP contribution is 2.46. The minimum atomic E-state index is -0.766. The summed E-state index contributed by atoms with van der Waals surface area (Å²) < 4.78 is 5.51. The molecule has 0 amide bonds. The number of ether oxygens (including phenoxy) is 1. The van der Waals surface area contributed by atoms with Gasteiger partial charge in [-0.05, 0) is 42.0 Å². The maximum Gasteiger partial charge on any atom is 0.105 e. The van der Waals surface area contributed by atoms with Crippen LogP contribution >= 0.6 is 11.6 Å². The van der Waals surface area contributed by atoms with Crippen molar-refractivity contribution in [1.29, 1.82) is 0 Å². The van der Waals surface area contributed by atoms with E-state index in [9.17, 15) is 5.11 Å². The molecular weight excluding hydrogens is 286 g/mol. The van der Waals surface area contributed by atoms with E-state index in [2.05, 4.69) is 31.3 Å². The number of rotatable bonds is 3. The van der Waals surface area contributed by atoms with Crippen molar-refractivity contribution in [3.05, 3.63) is 34.3 Å². The Morgan fingerprint density at radius 2 is 2.19 bits per heavy atom. The van der Waals surface area contributed by atoms with Crippen molar-refractivity contribution in [2.75, 3.05) is 13.2 Å². The Balaban J connectivity index is 1.80. The Labute approximate surface area is 131 Å². The summed E-state index contributed by atoms with van der Waals surface area (Å²) in [7, 11) is 0. The number of aliphatic hydroxyl groups is 1. The lowest BCUT2D eigenvalue weighted by Crippen LogP contribution is -2.48. The topological polar surface area (TPSA) is 41.5 Å². The molecule has 3 rings (SSSR count). The molecule has 1 aliphatic carbocycles. The molecule has 21 heavy (non-hydrogen) atoms. The second kappa shape index (κ2) is 5.24. The van der Waals surface area contributed by atoms with Gasteiger partial charge < -0.3 is 15.2 Å². The van der Waals surface area contributed by atoms with Gasteiger partial charge in [0.25, 0.3) is 0 Å². The van der Waals surface area contributed by atoms with Gasteiger partial charge >= 0.3 is 0 Å². The van der Waals surface area contributed by atoms with E-state index in [0.717, 1.165) is 11.4 Å². The minimum Gasteiger partial charge on any atom is -0.386 e. The van der Waals surface area contributed by atoms with E-state index in [1.807, 2.05) is 13.0 Å². The van der Waals surface area contributed by atoms with E-state index in [1.165, 1.54) is 11.1 Å². The van der Waals surface area contributed by atoms with Crippen LogP contribution in [0.1, 0.15) is 44.4 Å². The van der Waals surface area contributed by atoms with Gasteiger partial charge in [0.2, 0.25) is 0 Å². The molecule has 116 valence electrons. The predicted octanol–water partition coefficient (Wildman–Crippen LogP) is 3.09. The van der Waals surface area contributed by atoms with E-state index < -0.39 is 5.60 Å². The van der Waals surface area contributed by atoms with Crippen LogP contribution in [0.15, 0.2) is 18.2 Å². The lowest BCUT2D eigenvalue weighted by molar-refractivity contribution is -0.0297. The van der Waals surface area contributed by atoms with E-state index in [4.69, 9.17) is 16.3 Å². The smallest absolute Gasteiger partial charge is 0.105 e. The molecule has 2 N–H and O–H groups in total. The molecule has 4 heteroatoms. The normalized spacial score (nSPS) is 34.1. The summed E-state index contributed by atoms with van der Waals surface area (Å²) in [6.45, 7) is 7.65. The monoisotopic (exact) mass is 309 g/mol. The minimum absolute atomic E-state index is 0.117. The third-order valence-corrected chi connectivity index (χ3v) is 5.35. The predicted molar refractivity (Wildman–Crippen MR) is 84.7 cm³/mol. The van der Waals surface area contributed by atoms with E-state index in [-0.39, 0.29) is 17.6 Å². The first-order valence-corrected chi connectivity index (χ1v) is 8.05. The lowest BCUT2D eigenvalue weighted by Gasteiger charge is -2.33. The Morgan fingerprint density at radius 1 is 1.43 bits per heavy atom. The first kappa shape index (κ1) is 15.3. The Bertz CT molecular complexity index is 546. The summed E-state index contributed by atoms with van der Waals surface area (Å²) in [4.78, 5) is 0. The third kappa shape index (κ3) is 2.72. The molecule has 1 aromatic rings. The molecule has 1 heterocycles. The number of hydrogen-bond acceptors (Lipinski definition) is 3. The molecular formula is C17H24ClNO2. The maximum absolute atomic E-state index is 10.7. The highest BCUT2D eigenvalue weighted by molar-refractivity contribution is 6.30. The van der Waals surface area contributed by atoms with Gasteiger partial charge in [-0.1, -0.05) is 31.5 Å². The van der Waals surface area contributed by atoms with E-state index in [0.29, 0.717) is 19.6 Å². The van der Waals surface area contributed by atoms with E-state index in [1.54, 1.807) is 0 Å². The average molecular weight is 310 g/mol. The Hall–Kier alpha value is -0.610. The third-order valence-electron chi connectivity index (χ3n) is 5.12. The Morgan fingerprint density at radius 3 is 2.86 bits per heavy atom. The largest absolute Gasteiger partial charge is 0.386 e. The Kier molecular flexibility index (Phi) is 3.81. The molecule has 3 unspecified atom stereocenters. The van der Waals surface area contributed by atoms with Gasteiger partial charge in [-0.15, -0.1) is 0 Å². The molecule has 2 aliphatic rings. The first-order valence-electron chi connectivity index (χ1n) is 7.67. The fourth-order valence-electron chi connectivity index (χ4n) is 3.68. The molecule has 0 saturated carbocycles. The number of benzene rings is 1. The number of nitrogens with one attached hydrogen (secondary N) is 1. The summed E-state index contributed by atoms with van der Waals surface area (Å²) >= 11 is 6.16. The molecule has 1 saturated heterocycles. The molecule has 0 spiro atoms. The van der Waals surface area contributed by atoms with Crippen molar-refractivity contribution in [1.82, 2.24) is 5.32 Å². The zero-order valence-corrected chi connectivity index (χ0v) is 13.7. The summed E-state index contributed by atoms with van der Waals surface area (Å²) in [5.41, 5.74) is 1.97. The summed E-state index contributed by atoms with van der Waals surface area (Å²) in [5.74, 6) is 0. The molecule has 3 atom stereocenters. The molecule has 1 aliphatic heterocycles. The first-order chi connectivity index (χ1) is 9.82. The van der Waals surface area contributed by atoms with Crippen LogP contribution in [0.4, 0.5) is 0 Å². The summed E-state index contributed by atoms with van der Waals surface area (Å²) in [6, 6.07) is 6.35. The maximum atomic E-state index is 10.7. The quantitative estimate of drug-likeness (QED) is 0.901. The van der Waals surface area contributed by atoms with Crippen LogP contribution in [0.2, 0.25) is 5.02 Å². The van der Waals surface area contributed by atoms with Gasteiger partial charge in [-0.3, -0.25) is 0 Å². The lowest BCUT2D eigenvalue weighted by atomic mass is 9.84. The zero-order valence-electron chi connectivity index (χ0n) is 12.9.